The van der Waals surface area contributed by atoms with Crippen LogP contribution < -0.4 is 5.32 Å². The molecule has 3 rings (SSSR count). The third kappa shape index (κ3) is 3.12. The van der Waals surface area contributed by atoms with Gasteiger partial charge < -0.3 is 18.6 Å². The van der Waals surface area contributed by atoms with Gasteiger partial charge in [-0.25, -0.2) is 0 Å². The molecule has 0 bridgehead atoms. The average Bonchev–Trinajstić information content (AvgIpc) is 3.28. The molecule has 1 atom stereocenters. The Balaban J connectivity index is 1.78. The highest BCUT2D eigenvalue weighted by molar-refractivity contribution is 5.54. The summed E-state index contributed by atoms with van der Waals surface area (Å²) >= 11 is 0. The first-order valence-electron chi connectivity index (χ1n) is 7.07. The molecule has 3 heterocycles. The molecule has 0 amide bonds. The van der Waals surface area contributed by atoms with Gasteiger partial charge in [-0.15, -0.1) is 0 Å². The van der Waals surface area contributed by atoms with Gasteiger partial charge >= 0.3 is 0 Å². The van der Waals surface area contributed by atoms with Gasteiger partial charge in [0.05, 0.1) is 18.6 Å². The van der Waals surface area contributed by atoms with Gasteiger partial charge in [0.1, 0.15) is 11.8 Å². The van der Waals surface area contributed by atoms with Crippen molar-refractivity contribution in [1.29, 1.82) is 5.26 Å². The zero-order chi connectivity index (χ0) is 16.2. The zero-order valence-corrected chi connectivity index (χ0v) is 12.8. The quantitative estimate of drug-likeness (QED) is 0.747. The molecule has 0 aliphatic heterocycles. The minimum atomic E-state index is -0.00583. The van der Waals surface area contributed by atoms with E-state index in [4.69, 9.17) is 13.3 Å². The van der Waals surface area contributed by atoms with Crippen molar-refractivity contribution < 1.29 is 13.3 Å². The highest BCUT2D eigenvalue weighted by atomic mass is 16.4. The molecule has 0 fully saturated rings. The third-order valence-electron chi connectivity index (χ3n) is 3.42. The summed E-state index contributed by atoms with van der Waals surface area (Å²) in [6.07, 6.45) is 3.16. The smallest absolute Gasteiger partial charge is 0.266 e. The fourth-order valence-electron chi connectivity index (χ4n) is 2.23. The maximum atomic E-state index is 9.22. The number of nitriles is 1. The number of nitrogens with one attached hydrogen (secondary N) is 1. The van der Waals surface area contributed by atoms with Gasteiger partial charge in [-0.1, -0.05) is 0 Å². The maximum Gasteiger partial charge on any atom is 0.266 e. The molecule has 3 aromatic rings. The summed E-state index contributed by atoms with van der Waals surface area (Å²) in [6, 6.07) is 9.22. The van der Waals surface area contributed by atoms with Crippen molar-refractivity contribution in [2.75, 3.05) is 26.0 Å². The Bertz CT molecular complexity index is 782. The molecule has 0 spiro atoms. The van der Waals surface area contributed by atoms with Crippen LogP contribution in [0.5, 0.6) is 0 Å². The van der Waals surface area contributed by atoms with E-state index in [1.165, 1.54) is 6.26 Å². The molecule has 23 heavy (non-hydrogen) atoms. The molecule has 1 N–H and O–H groups in total. The Morgan fingerprint density at radius 3 is 2.65 bits per heavy atom. The predicted octanol–water partition coefficient (Wildman–Crippen LogP) is 3.11. The lowest BCUT2D eigenvalue weighted by Gasteiger charge is -2.22. The zero-order valence-electron chi connectivity index (χ0n) is 12.8. The van der Waals surface area contributed by atoms with Crippen LogP contribution >= 0.6 is 0 Å². The summed E-state index contributed by atoms with van der Waals surface area (Å²) in [7, 11) is 3.91. The third-order valence-corrected chi connectivity index (χ3v) is 3.42. The van der Waals surface area contributed by atoms with Gasteiger partial charge in [-0.2, -0.15) is 10.2 Å². The van der Waals surface area contributed by atoms with Crippen molar-refractivity contribution in [1.82, 2.24) is 9.88 Å². The average molecular weight is 312 g/mol. The van der Waals surface area contributed by atoms with Crippen LogP contribution in [0.4, 0.5) is 5.88 Å². The molecule has 0 saturated carbocycles. The van der Waals surface area contributed by atoms with Crippen molar-refractivity contribution in [3.8, 4) is 17.7 Å². The summed E-state index contributed by atoms with van der Waals surface area (Å²) in [5.74, 6) is 1.89. The SMILES string of the molecule is CN(C)[C@H](CNc1oc(-c2ccco2)nc1C#N)c1ccco1. The molecule has 3 aromatic heterocycles. The highest BCUT2D eigenvalue weighted by Crippen LogP contribution is 2.27. The monoisotopic (exact) mass is 312 g/mol. The molecule has 0 aromatic carbocycles. The van der Waals surface area contributed by atoms with Crippen LogP contribution in [0.3, 0.4) is 0 Å². The number of nitrogens with zero attached hydrogens (tertiary/aromatic N) is 3. The van der Waals surface area contributed by atoms with E-state index in [9.17, 15) is 5.26 Å². The van der Waals surface area contributed by atoms with Crippen LogP contribution in [0.15, 0.2) is 50.0 Å². The van der Waals surface area contributed by atoms with Crippen LogP contribution in [0.25, 0.3) is 11.7 Å². The van der Waals surface area contributed by atoms with Crippen LogP contribution in [0, 0.1) is 11.3 Å². The lowest BCUT2D eigenvalue weighted by atomic mass is 10.2. The number of hydrogen-bond acceptors (Lipinski definition) is 7. The van der Waals surface area contributed by atoms with E-state index in [2.05, 4.69) is 10.3 Å². The normalized spacial score (nSPS) is 12.3. The number of hydrogen-bond donors (Lipinski definition) is 1. The van der Waals surface area contributed by atoms with Crippen LogP contribution in [0.1, 0.15) is 17.5 Å². The van der Waals surface area contributed by atoms with Gasteiger partial charge in [0, 0.05) is 6.54 Å². The highest BCUT2D eigenvalue weighted by Gasteiger charge is 2.20. The van der Waals surface area contributed by atoms with Crippen molar-refractivity contribution in [3.63, 3.8) is 0 Å². The van der Waals surface area contributed by atoms with Crippen LogP contribution in [-0.2, 0) is 0 Å². The first-order valence-corrected chi connectivity index (χ1v) is 7.07. The van der Waals surface area contributed by atoms with Gasteiger partial charge in [-0.3, -0.25) is 4.90 Å². The topological polar surface area (TPSA) is 91.4 Å². The van der Waals surface area contributed by atoms with Crippen molar-refractivity contribution in [2.45, 2.75) is 6.04 Å². The first-order chi connectivity index (χ1) is 11.2. The fourth-order valence-corrected chi connectivity index (χ4v) is 2.23. The Morgan fingerprint density at radius 1 is 1.26 bits per heavy atom. The van der Waals surface area contributed by atoms with Crippen LogP contribution in [-0.4, -0.2) is 30.5 Å². The number of aromatic nitrogens is 1. The minimum Gasteiger partial charge on any atom is -0.468 e. The molecule has 7 nitrogen and oxygen atoms in total. The summed E-state index contributed by atoms with van der Waals surface area (Å²) < 4.78 is 16.3. The minimum absolute atomic E-state index is 0.00583. The Morgan fingerprint density at radius 2 is 2.04 bits per heavy atom. The second-order valence-corrected chi connectivity index (χ2v) is 5.16. The van der Waals surface area contributed by atoms with Gasteiger partial charge in [0.2, 0.25) is 11.6 Å². The van der Waals surface area contributed by atoms with Gasteiger partial charge in [-0.05, 0) is 38.4 Å². The van der Waals surface area contributed by atoms with Gasteiger partial charge in [0.15, 0.2) is 5.76 Å². The second kappa shape index (κ2) is 6.42. The van der Waals surface area contributed by atoms with Crippen molar-refractivity contribution in [2.24, 2.45) is 0 Å². The number of oxazole rings is 1. The lowest BCUT2D eigenvalue weighted by Crippen LogP contribution is -2.26. The van der Waals surface area contributed by atoms with E-state index in [1.54, 1.807) is 18.4 Å². The summed E-state index contributed by atoms with van der Waals surface area (Å²) in [5, 5.41) is 12.3. The number of anilines is 1. The Labute approximate surface area is 133 Å². The molecule has 0 aliphatic carbocycles. The molecule has 7 heteroatoms. The van der Waals surface area contributed by atoms with Crippen molar-refractivity contribution in [3.05, 3.63) is 48.2 Å². The largest absolute Gasteiger partial charge is 0.468 e. The maximum absolute atomic E-state index is 9.22. The van der Waals surface area contributed by atoms with E-state index in [0.29, 0.717) is 18.2 Å². The summed E-state index contributed by atoms with van der Waals surface area (Å²) in [6.45, 7) is 0.502. The molecule has 0 radical (unpaired) electrons. The standard InChI is InChI=1S/C16H16N4O3/c1-20(2)12(13-5-3-7-21-13)10-18-15-11(9-17)19-16(23-15)14-6-4-8-22-14/h3-8,12,18H,10H2,1-2H3/t12-/m1/s1. The Hall–Kier alpha value is -2.98. The molecular weight excluding hydrogens is 296 g/mol. The molecular formula is C16H16N4O3. The summed E-state index contributed by atoms with van der Waals surface area (Å²) in [5.41, 5.74) is 0.188. The van der Waals surface area contributed by atoms with Gasteiger partial charge in [0.25, 0.3) is 5.89 Å². The second-order valence-electron chi connectivity index (χ2n) is 5.16. The number of rotatable bonds is 6. The fraction of sp³-hybridized carbons (Fsp3) is 0.250. The molecule has 0 saturated heterocycles. The first kappa shape index (κ1) is 14.9. The molecule has 0 aliphatic rings. The van der Waals surface area contributed by atoms with E-state index < -0.39 is 0 Å². The predicted molar refractivity (Wildman–Crippen MR) is 82.5 cm³/mol. The van der Waals surface area contributed by atoms with Crippen LogP contribution in [0.2, 0.25) is 0 Å². The molecule has 118 valence electrons. The van der Waals surface area contributed by atoms with Crippen molar-refractivity contribution >= 4 is 5.88 Å². The van der Waals surface area contributed by atoms with E-state index in [1.807, 2.05) is 37.2 Å². The number of likely N-dealkylation sites (N-methyl/N-ethyl adjacent to an activating group) is 1. The lowest BCUT2D eigenvalue weighted by molar-refractivity contribution is 0.268. The summed E-state index contributed by atoms with van der Waals surface area (Å²) in [4.78, 5) is 6.15. The van der Waals surface area contributed by atoms with E-state index >= 15 is 0 Å². The Kier molecular flexibility index (Phi) is 4.17. The molecule has 0 unspecified atom stereocenters. The number of furan rings is 2. The van der Waals surface area contributed by atoms with E-state index in [0.717, 1.165) is 5.76 Å². The van der Waals surface area contributed by atoms with E-state index in [-0.39, 0.29) is 17.6 Å².